The zero-order chi connectivity index (χ0) is 29.9. The number of hydrogen-bond acceptors (Lipinski definition) is 7. The van der Waals surface area contributed by atoms with E-state index in [-0.39, 0.29) is 30.6 Å². The second kappa shape index (κ2) is 15.6. The largest absolute Gasteiger partial charge is 0.497 e. The Morgan fingerprint density at radius 3 is 2.46 bits per heavy atom. The summed E-state index contributed by atoms with van der Waals surface area (Å²) in [4.78, 5) is 30.7. The maximum atomic E-state index is 14.1. The minimum atomic E-state index is -0.448. The molecule has 10 nitrogen and oxygen atoms in total. The van der Waals surface area contributed by atoms with Crippen LogP contribution in [0.4, 0.5) is 16.2 Å². The predicted molar refractivity (Wildman–Crippen MR) is 161 cm³/mol. The highest BCUT2D eigenvalue weighted by Gasteiger charge is 2.30. The van der Waals surface area contributed by atoms with Crippen molar-refractivity contribution >= 4 is 23.3 Å². The van der Waals surface area contributed by atoms with Crippen LogP contribution in [0.2, 0.25) is 0 Å². The summed E-state index contributed by atoms with van der Waals surface area (Å²) < 4.78 is 17.7. The number of nitrogens with one attached hydrogen (secondary N) is 2. The number of benzene rings is 2. The van der Waals surface area contributed by atoms with Gasteiger partial charge >= 0.3 is 6.03 Å². The number of aliphatic hydroxyl groups is 1. The van der Waals surface area contributed by atoms with Gasteiger partial charge in [0.15, 0.2) is 0 Å². The number of nitrogens with zero attached hydrogens (tertiary/aromatic N) is 2. The molecule has 0 saturated heterocycles. The van der Waals surface area contributed by atoms with Crippen LogP contribution in [-0.4, -0.2) is 92.6 Å². The van der Waals surface area contributed by atoms with Crippen molar-refractivity contribution in [1.29, 1.82) is 0 Å². The molecule has 0 unspecified atom stereocenters. The van der Waals surface area contributed by atoms with Crippen LogP contribution in [0.15, 0.2) is 42.5 Å². The van der Waals surface area contributed by atoms with E-state index < -0.39 is 12.1 Å². The maximum Gasteiger partial charge on any atom is 0.323 e. The smallest absolute Gasteiger partial charge is 0.323 e. The van der Waals surface area contributed by atoms with Crippen molar-refractivity contribution in [2.45, 2.75) is 58.3 Å². The molecular weight excluding hydrogens is 524 g/mol. The zero-order valence-electron chi connectivity index (χ0n) is 25.2. The first-order valence-electron chi connectivity index (χ1n) is 14.3. The first kappa shape index (κ1) is 32.2. The van der Waals surface area contributed by atoms with Crippen LogP contribution in [0.25, 0.3) is 0 Å². The number of amides is 3. The highest BCUT2D eigenvalue weighted by Crippen LogP contribution is 2.28. The number of anilines is 2. The molecule has 3 rings (SSSR count). The fraction of sp³-hybridized carbons (Fsp3) is 0.548. The molecule has 226 valence electrons. The van der Waals surface area contributed by atoms with Gasteiger partial charge in [0.1, 0.15) is 11.5 Å². The van der Waals surface area contributed by atoms with Gasteiger partial charge in [-0.25, -0.2) is 4.79 Å². The Kier molecular flexibility index (Phi) is 12.2. The Morgan fingerprint density at radius 1 is 1.12 bits per heavy atom. The highest BCUT2D eigenvalue weighted by molar-refractivity contribution is 6.02. The van der Waals surface area contributed by atoms with Crippen LogP contribution in [-0.2, 0) is 4.74 Å². The molecule has 0 saturated carbocycles. The standard InChI is InChI=1S/C31H46N4O6/c1-21-18-35(22(2)20-36)30(37)27-17-25(33-31(38)32-24-10-13-26(39-6)14-11-24)12-15-28(27)41-23(3)9-7-8-16-40-29(21)19-34(4)5/h10-15,17,21-23,29,36H,7-9,16,18-20H2,1-6H3,(H2,32,33,38)/t21-,22+,23-,29-/m0/s1. The molecule has 2 aromatic carbocycles. The molecule has 1 heterocycles. The Morgan fingerprint density at radius 2 is 1.80 bits per heavy atom. The number of likely N-dealkylation sites (N-methyl/N-ethyl adjacent to an activating group) is 1. The van der Waals surface area contributed by atoms with E-state index in [1.165, 1.54) is 0 Å². The third-order valence-corrected chi connectivity index (χ3v) is 7.20. The van der Waals surface area contributed by atoms with Crippen LogP contribution in [0, 0.1) is 5.92 Å². The average molecular weight is 571 g/mol. The molecule has 0 aliphatic carbocycles. The minimum absolute atomic E-state index is 0.0122. The molecule has 3 N–H and O–H groups in total. The summed E-state index contributed by atoms with van der Waals surface area (Å²) in [7, 11) is 5.60. The fourth-order valence-corrected chi connectivity index (χ4v) is 4.79. The first-order valence-corrected chi connectivity index (χ1v) is 14.3. The lowest BCUT2D eigenvalue weighted by Crippen LogP contribution is -2.47. The highest BCUT2D eigenvalue weighted by atomic mass is 16.5. The molecule has 0 bridgehead atoms. The minimum Gasteiger partial charge on any atom is -0.497 e. The van der Waals surface area contributed by atoms with E-state index >= 15 is 0 Å². The molecule has 4 atom stereocenters. The van der Waals surface area contributed by atoms with E-state index in [1.807, 2.05) is 27.9 Å². The number of urea groups is 1. The molecule has 2 aromatic rings. The number of carbonyl (C=O) groups excluding carboxylic acids is 2. The van der Waals surface area contributed by atoms with Crippen LogP contribution < -0.4 is 20.1 Å². The number of ether oxygens (including phenoxy) is 3. The molecule has 0 spiro atoms. The van der Waals surface area contributed by atoms with Crippen molar-refractivity contribution in [2.24, 2.45) is 5.92 Å². The van der Waals surface area contributed by atoms with Gasteiger partial charge in [-0.15, -0.1) is 0 Å². The number of rotatable bonds is 7. The predicted octanol–water partition coefficient (Wildman–Crippen LogP) is 4.70. The van der Waals surface area contributed by atoms with Crippen molar-refractivity contribution in [3.63, 3.8) is 0 Å². The molecule has 0 radical (unpaired) electrons. The van der Waals surface area contributed by atoms with Gasteiger partial charge in [-0.3, -0.25) is 4.79 Å². The summed E-state index contributed by atoms with van der Waals surface area (Å²) >= 11 is 0. The summed E-state index contributed by atoms with van der Waals surface area (Å²) in [5.74, 6) is 0.869. The zero-order valence-corrected chi connectivity index (χ0v) is 25.2. The van der Waals surface area contributed by atoms with E-state index in [0.717, 1.165) is 25.8 Å². The summed E-state index contributed by atoms with van der Waals surface area (Å²) in [6, 6.07) is 11.2. The second-order valence-corrected chi connectivity index (χ2v) is 11.1. The number of carbonyl (C=O) groups is 2. The SMILES string of the molecule is COc1ccc(NC(=O)Nc2ccc3c(c2)C(=O)N([C@H](C)CO)C[C@H](C)[C@H](CN(C)C)OCCCC[C@H](C)O3)cc1. The van der Waals surface area contributed by atoms with Gasteiger partial charge < -0.3 is 39.8 Å². The van der Waals surface area contributed by atoms with E-state index in [9.17, 15) is 14.7 Å². The molecule has 1 aliphatic rings. The third kappa shape index (κ3) is 9.62. The Bertz CT molecular complexity index is 1130. The molecule has 0 fully saturated rings. The van der Waals surface area contributed by atoms with E-state index in [2.05, 4.69) is 22.5 Å². The Labute approximate surface area is 243 Å². The van der Waals surface area contributed by atoms with Gasteiger partial charge in [0, 0.05) is 37.0 Å². The lowest BCUT2D eigenvalue weighted by atomic mass is 10.0. The van der Waals surface area contributed by atoms with E-state index in [4.69, 9.17) is 14.2 Å². The first-order chi connectivity index (χ1) is 19.6. The number of fused-ring (bicyclic) bond motifs is 1. The molecule has 41 heavy (non-hydrogen) atoms. The average Bonchev–Trinajstić information content (AvgIpc) is 2.94. The second-order valence-electron chi connectivity index (χ2n) is 11.1. The van der Waals surface area contributed by atoms with E-state index in [0.29, 0.717) is 41.6 Å². The van der Waals surface area contributed by atoms with Crippen LogP contribution >= 0.6 is 0 Å². The fourth-order valence-electron chi connectivity index (χ4n) is 4.79. The summed E-state index contributed by atoms with van der Waals surface area (Å²) in [6.07, 6.45) is 2.47. The lowest BCUT2D eigenvalue weighted by molar-refractivity contribution is -0.0137. The van der Waals surface area contributed by atoms with Gasteiger partial charge in [0.05, 0.1) is 37.5 Å². The van der Waals surface area contributed by atoms with Gasteiger partial charge in [-0.1, -0.05) is 6.92 Å². The van der Waals surface area contributed by atoms with Gasteiger partial charge in [-0.2, -0.15) is 0 Å². The van der Waals surface area contributed by atoms with Gasteiger partial charge in [0.25, 0.3) is 5.91 Å². The summed E-state index contributed by atoms with van der Waals surface area (Å²) in [5.41, 5.74) is 1.37. The number of hydrogen-bond donors (Lipinski definition) is 3. The van der Waals surface area contributed by atoms with Crippen molar-refractivity contribution in [3.8, 4) is 11.5 Å². The van der Waals surface area contributed by atoms with Crippen molar-refractivity contribution in [2.75, 3.05) is 58.1 Å². The molecular formula is C31H46N4O6. The van der Waals surface area contributed by atoms with Crippen molar-refractivity contribution in [3.05, 3.63) is 48.0 Å². The Balaban J connectivity index is 1.91. The van der Waals surface area contributed by atoms with Crippen LogP contribution in [0.5, 0.6) is 11.5 Å². The Hall–Kier alpha value is -3.34. The molecule has 0 aromatic heterocycles. The van der Waals surface area contributed by atoms with Crippen molar-refractivity contribution in [1.82, 2.24) is 9.80 Å². The molecule has 10 heteroatoms. The number of aliphatic hydroxyl groups excluding tert-OH is 1. The summed E-state index contributed by atoms with van der Waals surface area (Å²) in [6.45, 7) is 7.46. The quantitative estimate of drug-likeness (QED) is 0.443. The van der Waals surface area contributed by atoms with Crippen LogP contribution in [0.1, 0.15) is 50.4 Å². The van der Waals surface area contributed by atoms with E-state index in [1.54, 1.807) is 54.5 Å². The molecule has 1 aliphatic heterocycles. The topological polar surface area (TPSA) is 113 Å². The number of methoxy groups -OCH3 is 1. The third-order valence-electron chi connectivity index (χ3n) is 7.20. The van der Waals surface area contributed by atoms with Gasteiger partial charge in [0.2, 0.25) is 0 Å². The molecule has 3 amide bonds. The van der Waals surface area contributed by atoms with Crippen LogP contribution in [0.3, 0.4) is 0 Å². The lowest BCUT2D eigenvalue weighted by Gasteiger charge is -2.35. The summed E-state index contributed by atoms with van der Waals surface area (Å²) in [5, 5.41) is 15.7. The maximum absolute atomic E-state index is 14.1. The van der Waals surface area contributed by atoms with Crippen molar-refractivity contribution < 1.29 is 28.9 Å². The normalized spacial score (nSPS) is 21.3. The monoisotopic (exact) mass is 570 g/mol. The van der Waals surface area contributed by atoms with Gasteiger partial charge in [-0.05, 0) is 89.7 Å².